The van der Waals surface area contributed by atoms with Gasteiger partial charge >= 0.3 is 0 Å². The van der Waals surface area contributed by atoms with Crippen LogP contribution in [0.1, 0.15) is 91.4 Å². The summed E-state index contributed by atoms with van der Waals surface area (Å²) in [5.41, 5.74) is 0.592. The molecule has 1 atom stereocenters. The third kappa shape index (κ3) is 5.10. The summed E-state index contributed by atoms with van der Waals surface area (Å²) >= 11 is 0. The minimum Gasteiger partial charge on any atom is -0.311 e. The van der Waals surface area contributed by atoms with Crippen LogP contribution < -0.4 is 5.32 Å². The second kappa shape index (κ2) is 7.11. The van der Waals surface area contributed by atoms with Gasteiger partial charge in [0.2, 0.25) is 0 Å². The van der Waals surface area contributed by atoms with E-state index in [1.807, 2.05) is 0 Å². The summed E-state index contributed by atoms with van der Waals surface area (Å²) in [6, 6.07) is 1.65. The Morgan fingerprint density at radius 3 is 2.26 bits per heavy atom. The van der Waals surface area contributed by atoms with Gasteiger partial charge in [-0.15, -0.1) is 0 Å². The zero-order valence-corrected chi connectivity index (χ0v) is 13.5. The molecule has 0 aromatic carbocycles. The summed E-state index contributed by atoms with van der Waals surface area (Å²) in [7, 11) is 0. The Hall–Kier alpha value is -0.0400. The van der Waals surface area contributed by atoms with Crippen LogP contribution >= 0.6 is 0 Å². The number of nitrogens with one attached hydrogen (secondary N) is 1. The molecule has 0 radical (unpaired) electrons. The van der Waals surface area contributed by atoms with Crippen molar-refractivity contribution in [2.45, 2.75) is 103 Å². The average molecular weight is 265 g/mol. The molecule has 1 N–H and O–H groups in total. The van der Waals surface area contributed by atoms with Gasteiger partial charge in [-0.2, -0.15) is 0 Å². The smallest absolute Gasteiger partial charge is 0.00698 e. The molecule has 2 aliphatic rings. The molecule has 0 aromatic rings. The van der Waals surface area contributed by atoms with Crippen LogP contribution in [0.5, 0.6) is 0 Å². The van der Waals surface area contributed by atoms with E-state index in [0.717, 1.165) is 18.0 Å². The van der Waals surface area contributed by atoms with Crippen LogP contribution in [-0.4, -0.2) is 12.1 Å². The van der Waals surface area contributed by atoms with E-state index < -0.39 is 0 Å². The van der Waals surface area contributed by atoms with Crippen molar-refractivity contribution in [2.75, 3.05) is 0 Å². The summed E-state index contributed by atoms with van der Waals surface area (Å²) in [6.07, 6.45) is 15.7. The monoisotopic (exact) mass is 265 g/mol. The lowest BCUT2D eigenvalue weighted by Gasteiger charge is -2.32. The minimum atomic E-state index is 0.592. The van der Waals surface area contributed by atoms with Crippen molar-refractivity contribution in [3.63, 3.8) is 0 Å². The predicted molar refractivity (Wildman–Crippen MR) is 84.4 cm³/mol. The molecule has 2 fully saturated rings. The molecule has 1 heteroatoms. The standard InChI is InChI=1S/C18H35N/c1-4-6-15-8-10-17(11-9-15)19-16-7-5-13-18(2,3)14-12-16/h15-17,19H,4-14H2,1-3H3. The minimum absolute atomic E-state index is 0.592. The maximum absolute atomic E-state index is 4.00. The quantitative estimate of drug-likeness (QED) is 0.681. The predicted octanol–water partition coefficient (Wildman–Crippen LogP) is 5.29. The maximum atomic E-state index is 4.00. The number of rotatable bonds is 4. The van der Waals surface area contributed by atoms with Crippen LogP contribution in [0.15, 0.2) is 0 Å². The van der Waals surface area contributed by atoms with Gasteiger partial charge in [-0.25, -0.2) is 0 Å². The molecule has 0 aliphatic heterocycles. The van der Waals surface area contributed by atoms with Crippen LogP contribution in [-0.2, 0) is 0 Å². The molecular weight excluding hydrogens is 230 g/mol. The number of hydrogen-bond donors (Lipinski definition) is 1. The fourth-order valence-corrected chi connectivity index (χ4v) is 4.19. The summed E-state index contributed by atoms with van der Waals surface area (Å²) in [6.45, 7) is 7.23. The van der Waals surface area contributed by atoms with Crippen molar-refractivity contribution in [3.8, 4) is 0 Å². The molecule has 2 aliphatic carbocycles. The zero-order chi connectivity index (χ0) is 13.7. The molecule has 0 heterocycles. The van der Waals surface area contributed by atoms with Crippen LogP contribution in [0.3, 0.4) is 0 Å². The zero-order valence-electron chi connectivity index (χ0n) is 13.5. The van der Waals surface area contributed by atoms with Crippen molar-refractivity contribution in [1.82, 2.24) is 5.32 Å². The van der Waals surface area contributed by atoms with Crippen LogP contribution in [0.4, 0.5) is 0 Å². The van der Waals surface area contributed by atoms with E-state index >= 15 is 0 Å². The molecule has 1 nitrogen and oxygen atoms in total. The molecule has 0 amide bonds. The highest BCUT2D eigenvalue weighted by molar-refractivity contribution is 4.84. The molecule has 0 spiro atoms. The summed E-state index contributed by atoms with van der Waals surface area (Å²) in [5, 5.41) is 4.00. The van der Waals surface area contributed by atoms with Gasteiger partial charge < -0.3 is 5.32 Å². The Bertz CT molecular complexity index is 250. The lowest BCUT2D eigenvalue weighted by molar-refractivity contribution is 0.252. The molecule has 1 unspecified atom stereocenters. The fraction of sp³-hybridized carbons (Fsp3) is 1.00. The highest BCUT2D eigenvalue weighted by atomic mass is 15.0. The Morgan fingerprint density at radius 2 is 1.58 bits per heavy atom. The average Bonchev–Trinajstić information content (AvgIpc) is 2.54. The maximum Gasteiger partial charge on any atom is 0.00698 e. The topological polar surface area (TPSA) is 12.0 Å². The molecule has 112 valence electrons. The van der Waals surface area contributed by atoms with E-state index in [1.54, 1.807) is 0 Å². The molecule has 0 bridgehead atoms. The van der Waals surface area contributed by atoms with E-state index in [0.29, 0.717) is 5.41 Å². The van der Waals surface area contributed by atoms with Crippen LogP contribution in [0, 0.1) is 11.3 Å². The first kappa shape index (κ1) is 15.4. The van der Waals surface area contributed by atoms with Gasteiger partial charge in [0.1, 0.15) is 0 Å². The van der Waals surface area contributed by atoms with Crippen LogP contribution in [0.2, 0.25) is 0 Å². The SMILES string of the molecule is CCCC1CCC(NC2CCCC(C)(C)CC2)CC1. The van der Waals surface area contributed by atoms with E-state index in [4.69, 9.17) is 0 Å². The lowest BCUT2D eigenvalue weighted by atomic mass is 9.83. The summed E-state index contributed by atoms with van der Waals surface area (Å²) in [5.74, 6) is 1.04. The fourth-order valence-electron chi connectivity index (χ4n) is 4.19. The van der Waals surface area contributed by atoms with Crippen molar-refractivity contribution in [1.29, 1.82) is 0 Å². The molecule has 2 rings (SSSR count). The second-order valence-electron chi connectivity index (χ2n) is 7.97. The Balaban J connectivity index is 1.70. The third-order valence-electron chi connectivity index (χ3n) is 5.59. The Kier molecular flexibility index (Phi) is 5.74. The lowest BCUT2D eigenvalue weighted by Crippen LogP contribution is -2.40. The van der Waals surface area contributed by atoms with E-state index in [-0.39, 0.29) is 0 Å². The third-order valence-corrected chi connectivity index (χ3v) is 5.59. The van der Waals surface area contributed by atoms with Gasteiger partial charge in [0.05, 0.1) is 0 Å². The van der Waals surface area contributed by atoms with Gasteiger partial charge in [0.15, 0.2) is 0 Å². The van der Waals surface area contributed by atoms with E-state index in [2.05, 4.69) is 26.1 Å². The van der Waals surface area contributed by atoms with Gasteiger partial charge in [-0.3, -0.25) is 0 Å². The summed E-state index contributed by atoms with van der Waals surface area (Å²) in [4.78, 5) is 0. The Morgan fingerprint density at radius 1 is 0.895 bits per heavy atom. The van der Waals surface area contributed by atoms with E-state index in [9.17, 15) is 0 Å². The summed E-state index contributed by atoms with van der Waals surface area (Å²) < 4.78 is 0. The van der Waals surface area contributed by atoms with Crippen molar-refractivity contribution >= 4 is 0 Å². The van der Waals surface area contributed by atoms with Gasteiger partial charge in [0.25, 0.3) is 0 Å². The molecule has 19 heavy (non-hydrogen) atoms. The van der Waals surface area contributed by atoms with E-state index in [1.165, 1.54) is 70.6 Å². The first-order valence-electron chi connectivity index (χ1n) is 8.85. The second-order valence-corrected chi connectivity index (χ2v) is 7.97. The van der Waals surface area contributed by atoms with Crippen LogP contribution in [0.25, 0.3) is 0 Å². The van der Waals surface area contributed by atoms with Crippen molar-refractivity contribution < 1.29 is 0 Å². The normalized spacial score (nSPS) is 35.8. The first-order valence-corrected chi connectivity index (χ1v) is 8.85. The molecule has 0 aromatic heterocycles. The molecule has 0 saturated heterocycles. The molecular formula is C18H35N. The highest BCUT2D eigenvalue weighted by Crippen LogP contribution is 2.35. The molecule has 2 saturated carbocycles. The van der Waals surface area contributed by atoms with Gasteiger partial charge in [-0.1, -0.05) is 40.0 Å². The van der Waals surface area contributed by atoms with Gasteiger partial charge in [0, 0.05) is 12.1 Å². The highest BCUT2D eigenvalue weighted by Gasteiger charge is 2.27. The van der Waals surface area contributed by atoms with Gasteiger partial charge in [-0.05, 0) is 62.7 Å². The largest absolute Gasteiger partial charge is 0.311 e. The number of hydrogen-bond acceptors (Lipinski definition) is 1. The Labute approximate surface area is 120 Å². The van der Waals surface area contributed by atoms with Crippen molar-refractivity contribution in [3.05, 3.63) is 0 Å². The van der Waals surface area contributed by atoms with Crippen molar-refractivity contribution in [2.24, 2.45) is 11.3 Å². The first-order chi connectivity index (χ1) is 9.09.